The monoisotopic (exact) mass is 391 g/mol. The molecule has 0 unspecified atom stereocenters. The predicted octanol–water partition coefficient (Wildman–Crippen LogP) is 4.93. The lowest BCUT2D eigenvalue weighted by Gasteiger charge is -2.32. The Morgan fingerprint density at radius 3 is 2.14 bits per heavy atom. The summed E-state index contributed by atoms with van der Waals surface area (Å²) in [5.74, 6) is 2.53. The SMILES string of the molecule is CNC(=S)Nc1ccc(OCCN2c3ccccc3Oc3ccccc32)cc1. The standard InChI is InChI=1S/C22H21N3O2S/c1-23-22(28)24-16-10-12-17(13-11-16)26-15-14-25-18-6-2-4-8-20(18)27-21-9-5-3-7-19(21)25/h2-13H,14-15H2,1H3,(H2,23,24,28). The zero-order chi connectivity index (χ0) is 19.3. The first kappa shape index (κ1) is 18.1. The second-order valence-electron chi connectivity index (χ2n) is 6.27. The van der Waals surface area contributed by atoms with Gasteiger partial charge < -0.3 is 25.0 Å². The van der Waals surface area contributed by atoms with Gasteiger partial charge >= 0.3 is 0 Å². The molecule has 0 aliphatic carbocycles. The first-order valence-electron chi connectivity index (χ1n) is 9.09. The fourth-order valence-electron chi connectivity index (χ4n) is 3.10. The highest BCUT2D eigenvalue weighted by Gasteiger charge is 2.23. The minimum absolute atomic E-state index is 0.546. The zero-order valence-corrected chi connectivity index (χ0v) is 16.3. The number of hydrogen-bond donors (Lipinski definition) is 2. The molecular weight excluding hydrogens is 370 g/mol. The van der Waals surface area contributed by atoms with Crippen LogP contribution in [0, 0.1) is 0 Å². The maximum absolute atomic E-state index is 6.02. The van der Waals surface area contributed by atoms with Gasteiger partial charge in [-0.25, -0.2) is 0 Å². The van der Waals surface area contributed by atoms with Gasteiger partial charge in [-0.2, -0.15) is 0 Å². The fraction of sp³-hybridized carbons (Fsp3) is 0.136. The summed E-state index contributed by atoms with van der Waals surface area (Å²) in [5, 5.41) is 6.56. The summed E-state index contributed by atoms with van der Waals surface area (Å²) in [6.45, 7) is 1.26. The van der Waals surface area contributed by atoms with Crippen molar-refractivity contribution in [3.05, 3.63) is 72.8 Å². The van der Waals surface area contributed by atoms with E-state index in [2.05, 4.69) is 27.7 Å². The van der Waals surface area contributed by atoms with Gasteiger partial charge in [0, 0.05) is 12.7 Å². The number of hydrogen-bond acceptors (Lipinski definition) is 4. The van der Waals surface area contributed by atoms with Crippen molar-refractivity contribution in [3.63, 3.8) is 0 Å². The molecule has 1 aliphatic heterocycles. The summed E-state index contributed by atoms with van der Waals surface area (Å²) in [5.41, 5.74) is 3.01. The molecule has 1 aliphatic rings. The molecule has 142 valence electrons. The van der Waals surface area contributed by atoms with Gasteiger partial charge in [0.25, 0.3) is 0 Å². The summed E-state index contributed by atoms with van der Waals surface area (Å²) in [6, 6.07) is 23.9. The quantitative estimate of drug-likeness (QED) is 0.602. The topological polar surface area (TPSA) is 45.8 Å². The predicted molar refractivity (Wildman–Crippen MR) is 117 cm³/mol. The molecule has 0 bridgehead atoms. The van der Waals surface area contributed by atoms with Crippen molar-refractivity contribution < 1.29 is 9.47 Å². The average molecular weight is 391 g/mol. The van der Waals surface area contributed by atoms with E-state index in [0.717, 1.165) is 34.3 Å². The molecule has 0 saturated carbocycles. The molecular formula is C22H21N3O2S. The van der Waals surface area contributed by atoms with E-state index in [9.17, 15) is 0 Å². The Labute approximate surface area is 169 Å². The molecule has 4 rings (SSSR count). The van der Waals surface area contributed by atoms with Crippen LogP contribution in [0.1, 0.15) is 0 Å². The molecule has 0 atom stereocenters. The normalized spacial score (nSPS) is 11.7. The van der Waals surface area contributed by atoms with Crippen molar-refractivity contribution in [2.45, 2.75) is 0 Å². The van der Waals surface area contributed by atoms with Crippen molar-refractivity contribution in [1.29, 1.82) is 0 Å². The Balaban J connectivity index is 1.43. The van der Waals surface area contributed by atoms with Crippen LogP contribution in [0.3, 0.4) is 0 Å². The molecule has 0 fully saturated rings. The Morgan fingerprint density at radius 1 is 0.929 bits per heavy atom. The summed E-state index contributed by atoms with van der Waals surface area (Å²) in [4.78, 5) is 2.23. The molecule has 0 saturated heterocycles. The van der Waals surface area contributed by atoms with Gasteiger partial charge in [-0.15, -0.1) is 0 Å². The van der Waals surface area contributed by atoms with Gasteiger partial charge in [0.2, 0.25) is 0 Å². The molecule has 0 amide bonds. The molecule has 2 N–H and O–H groups in total. The van der Waals surface area contributed by atoms with Gasteiger partial charge in [-0.1, -0.05) is 24.3 Å². The van der Waals surface area contributed by atoms with Crippen LogP contribution < -0.4 is 25.0 Å². The minimum atomic E-state index is 0.546. The molecule has 0 aromatic heterocycles. The lowest BCUT2D eigenvalue weighted by molar-refractivity contribution is 0.326. The summed E-state index contributed by atoms with van der Waals surface area (Å²) in [6.07, 6.45) is 0. The third kappa shape index (κ3) is 3.87. The van der Waals surface area contributed by atoms with Gasteiger partial charge in [0.1, 0.15) is 12.4 Å². The Kier molecular flexibility index (Phi) is 5.30. The highest BCUT2D eigenvalue weighted by molar-refractivity contribution is 7.80. The zero-order valence-electron chi connectivity index (χ0n) is 15.5. The second kappa shape index (κ2) is 8.19. The van der Waals surface area contributed by atoms with Crippen molar-refractivity contribution in [3.8, 4) is 17.2 Å². The van der Waals surface area contributed by atoms with Crippen molar-refractivity contribution in [2.75, 3.05) is 30.4 Å². The van der Waals surface area contributed by atoms with Gasteiger partial charge in [0.15, 0.2) is 16.6 Å². The van der Waals surface area contributed by atoms with E-state index in [1.165, 1.54) is 0 Å². The molecule has 3 aromatic carbocycles. The molecule has 0 radical (unpaired) electrons. The third-order valence-electron chi connectivity index (χ3n) is 4.45. The molecule has 1 heterocycles. The minimum Gasteiger partial charge on any atom is -0.492 e. The number of nitrogens with zero attached hydrogens (tertiary/aromatic N) is 1. The largest absolute Gasteiger partial charge is 0.492 e. The van der Waals surface area contributed by atoms with Crippen LogP contribution >= 0.6 is 12.2 Å². The van der Waals surface area contributed by atoms with Crippen LogP contribution in [-0.2, 0) is 0 Å². The summed E-state index contributed by atoms with van der Waals surface area (Å²) >= 11 is 5.11. The van der Waals surface area contributed by atoms with Crippen LogP contribution in [0.25, 0.3) is 0 Å². The number of nitrogens with one attached hydrogen (secondary N) is 2. The Morgan fingerprint density at radius 2 is 1.54 bits per heavy atom. The maximum atomic E-state index is 6.02. The van der Waals surface area contributed by atoms with E-state index in [1.54, 1.807) is 7.05 Å². The number of para-hydroxylation sites is 4. The van der Waals surface area contributed by atoms with Crippen molar-refractivity contribution in [1.82, 2.24) is 5.32 Å². The first-order chi connectivity index (χ1) is 13.7. The second-order valence-corrected chi connectivity index (χ2v) is 6.67. The average Bonchev–Trinajstić information content (AvgIpc) is 2.74. The number of benzene rings is 3. The van der Waals surface area contributed by atoms with E-state index < -0.39 is 0 Å². The van der Waals surface area contributed by atoms with Crippen LogP contribution in [0.5, 0.6) is 17.2 Å². The van der Waals surface area contributed by atoms with E-state index >= 15 is 0 Å². The molecule has 3 aromatic rings. The number of ether oxygens (including phenoxy) is 2. The highest BCUT2D eigenvalue weighted by Crippen LogP contribution is 2.45. The van der Waals surface area contributed by atoms with E-state index in [0.29, 0.717) is 18.3 Å². The van der Waals surface area contributed by atoms with Gasteiger partial charge in [-0.3, -0.25) is 0 Å². The lowest BCUT2D eigenvalue weighted by atomic mass is 10.1. The number of anilines is 3. The van der Waals surface area contributed by atoms with Gasteiger partial charge in [0.05, 0.1) is 17.9 Å². The van der Waals surface area contributed by atoms with Crippen molar-refractivity contribution in [2.24, 2.45) is 0 Å². The highest BCUT2D eigenvalue weighted by atomic mass is 32.1. The molecule has 6 heteroatoms. The van der Waals surface area contributed by atoms with E-state index in [4.69, 9.17) is 21.7 Å². The van der Waals surface area contributed by atoms with Crippen LogP contribution in [-0.4, -0.2) is 25.3 Å². The summed E-state index contributed by atoms with van der Waals surface area (Å²) < 4.78 is 12.0. The molecule has 5 nitrogen and oxygen atoms in total. The first-order valence-corrected chi connectivity index (χ1v) is 9.50. The lowest BCUT2D eigenvalue weighted by Crippen LogP contribution is -2.26. The third-order valence-corrected chi connectivity index (χ3v) is 4.76. The fourth-order valence-corrected chi connectivity index (χ4v) is 3.22. The van der Waals surface area contributed by atoms with E-state index in [1.807, 2.05) is 60.7 Å². The van der Waals surface area contributed by atoms with Crippen LogP contribution in [0.2, 0.25) is 0 Å². The van der Waals surface area contributed by atoms with Crippen LogP contribution in [0.15, 0.2) is 72.8 Å². The maximum Gasteiger partial charge on any atom is 0.170 e. The van der Waals surface area contributed by atoms with Crippen LogP contribution in [0.4, 0.5) is 17.1 Å². The number of fused-ring (bicyclic) bond motifs is 2. The van der Waals surface area contributed by atoms with Crippen molar-refractivity contribution >= 4 is 34.4 Å². The molecule has 28 heavy (non-hydrogen) atoms. The smallest absolute Gasteiger partial charge is 0.170 e. The molecule has 0 spiro atoms. The van der Waals surface area contributed by atoms with Gasteiger partial charge in [-0.05, 0) is 60.7 Å². The Bertz CT molecular complexity index is 930. The Hall–Kier alpha value is -3.25. The van der Waals surface area contributed by atoms with E-state index in [-0.39, 0.29) is 0 Å². The number of rotatable bonds is 5. The summed E-state index contributed by atoms with van der Waals surface area (Å²) in [7, 11) is 1.79. The number of thiocarbonyl (C=S) groups is 1.